The zero-order valence-electron chi connectivity index (χ0n) is 11.3. The number of esters is 1. The Balaban J connectivity index is 2.38. The van der Waals surface area contributed by atoms with Gasteiger partial charge in [0.2, 0.25) is 0 Å². The minimum Gasteiger partial charge on any atom is -0.465 e. The molecule has 0 bridgehead atoms. The van der Waals surface area contributed by atoms with Gasteiger partial charge in [0.15, 0.2) is 5.78 Å². The third kappa shape index (κ3) is 5.79. The summed E-state index contributed by atoms with van der Waals surface area (Å²) in [5.41, 5.74) is 0. The maximum Gasteiger partial charge on any atom is 0.309 e. The monoisotopic (exact) mass is 306 g/mol. The van der Waals surface area contributed by atoms with E-state index in [0.29, 0.717) is 12.8 Å². The second-order valence-corrected chi connectivity index (χ2v) is 6.28. The fourth-order valence-electron chi connectivity index (χ4n) is 1.79. The first-order valence-electron chi connectivity index (χ1n) is 6.41. The van der Waals surface area contributed by atoms with Crippen molar-refractivity contribution in [3.63, 3.8) is 0 Å². The van der Waals surface area contributed by atoms with Crippen molar-refractivity contribution >= 4 is 27.7 Å². The molecule has 1 rings (SSSR count). The molecule has 1 aliphatic heterocycles. The summed E-state index contributed by atoms with van der Waals surface area (Å²) in [4.78, 5) is 34.2. The maximum absolute atomic E-state index is 11.6. The second-order valence-electron chi connectivity index (χ2n) is 4.64. The van der Waals surface area contributed by atoms with E-state index in [2.05, 4.69) is 4.18 Å². The number of Topliss-reactive ketones (excluding diaryl/α,β-unsaturated/α-hetero) is 2. The van der Waals surface area contributed by atoms with Crippen LogP contribution in [0.3, 0.4) is 0 Å². The fourth-order valence-corrected chi connectivity index (χ4v) is 2.79. The van der Waals surface area contributed by atoms with E-state index in [1.54, 1.807) is 6.92 Å². The molecule has 0 saturated carbocycles. The van der Waals surface area contributed by atoms with Crippen molar-refractivity contribution in [1.82, 2.24) is 0 Å². The first kappa shape index (κ1) is 16.8. The molecule has 0 aromatic heterocycles. The van der Waals surface area contributed by atoms with Gasteiger partial charge in [0.05, 0.1) is 25.6 Å². The predicted molar refractivity (Wildman–Crippen MR) is 68.3 cm³/mol. The number of carbonyl (C=O) groups is 3. The van der Waals surface area contributed by atoms with Crippen LogP contribution in [-0.4, -0.2) is 44.9 Å². The van der Waals surface area contributed by atoms with Crippen molar-refractivity contribution in [2.45, 2.75) is 32.6 Å². The SMILES string of the molecule is CCCOS(=O)(=O)CC(=O)CC(=O)CC1CCOC1=O. The van der Waals surface area contributed by atoms with Crippen LogP contribution in [0.2, 0.25) is 0 Å². The molecule has 0 aromatic rings. The smallest absolute Gasteiger partial charge is 0.309 e. The molecule has 20 heavy (non-hydrogen) atoms. The van der Waals surface area contributed by atoms with Gasteiger partial charge in [-0.25, -0.2) is 0 Å². The van der Waals surface area contributed by atoms with Crippen molar-refractivity contribution in [1.29, 1.82) is 0 Å². The molecular formula is C12H18O7S. The summed E-state index contributed by atoms with van der Waals surface area (Å²) in [5.74, 6) is -2.94. The van der Waals surface area contributed by atoms with Gasteiger partial charge in [0.25, 0.3) is 10.1 Å². The number of ether oxygens (including phenoxy) is 1. The Bertz CT molecular complexity index is 480. The molecule has 1 unspecified atom stereocenters. The molecule has 8 heteroatoms. The highest BCUT2D eigenvalue weighted by atomic mass is 32.2. The van der Waals surface area contributed by atoms with E-state index in [4.69, 9.17) is 4.74 Å². The average molecular weight is 306 g/mol. The zero-order valence-corrected chi connectivity index (χ0v) is 12.1. The molecule has 0 N–H and O–H groups in total. The first-order chi connectivity index (χ1) is 9.34. The topological polar surface area (TPSA) is 104 Å². The van der Waals surface area contributed by atoms with E-state index < -0.39 is 45.7 Å². The van der Waals surface area contributed by atoms with Crippen molar-refractivity contribution < 1.29 is 31.7 Å². The lowest BCUT2D eigenvalue weighted by molar-refractivity contribution is -0.143. The lowest BCUT2D eigenvalue weighted by atomic mass is 9.99. The number of hydrogen-bond acceptors (Lipinski definition) is 7. The van der Waals surface area contributed by atoms with Gasteiger partial charge in [-0.1, -0.05) is 6.92 Å². The zero-order chi connectivity index (χ0) is 15.2. The molecule has 1 heterocycles. The highest BCUT2D eigenvalue weighted by Gasteiger charge is 2.29. The Hall–Kier alpha value is -1.28. The standard InChI is InChI=1S/C12H18O7S/c1-2-4-19-20(16,17)8-11(14)7-10(13)6-9-3-5-18-12(9)15/h9H,2-8H2,1H3. The molecule has 0 spiro atoms. The van der Waals surface area contributed by atoms with Crippen molar-refractivity contribution in [3.05, 3.63) is 0 Å². The Morgan fingerprint density at radius 2 is 2.05 bits per heavy atom. The van der Waals surface area contributed by atoms with Gasteiger partial charge in [0.1, 0.15) is 11.5 Å². The number of ketones is 2. The van der Waals surface area contributed by atoms with Gasteiger partial charge in [-0.05, 0) is 12.8 Å². The van der Waals surface area contributed by atoms with Gasteiger partial charge in [-0.3, -0.25) is 18.6 Å². The summed E-state index contributed by atoms with van der Waals surface area (Å²) >= 11 is 0. The molecule has 7 nitrogen and oxygen atoms in total. The Morgan fingerprint density at radius 3 is 2.60 bits per heavy atom. The number of hydrogen-bond donors (Lipinski definition) is 0. The summed E-state index contributed by atoms with van der Waals surface area (Å²) in [6.45, 7) is 2.03. The van der Waals surface area contributed by atoms with Crippen LogP contribution in [0, 0.1) is 5.92 Å². The summed E-state index contributed by atoms with van der Waals surface area (Å²) in [5, 5.41) is 0. The number of cyclic esters (lactones) is 1. The number of rotatable bonds is 9. The van der Waals surface area contributed by atoms with Crippen LogP contribution < -0.4 is 0 Å². The predicted octanol–water partition coefficient (Wildman–Crippen LogP) is 0.224. The fraction of sp³-hybridized carbons (Fsp3) is 0.750. The summed E-state index contributed by atoms with van der Waals surface area (Å²) in [6, 6.07) is 0. The van der Waals surface area contributed by atoms with Crippen LogP contribution in [0.5, 0.6) is 0 Å². The molecule has 1 aliphatic rings. The van der Waals surface area contributed by atoms with Gasteiger partial charge < -0.3 is 4.74 Å². The molecule has 1 saturated heterocycles. The van der Waals surface area contributed by atoms with Crippen LogP contribution in [0.1, 0.15) is 32.6 Å². The minimum absolute atomic E-state index is 0.0114. The first-order valence-corrected chi connectivity index (χ1v) is 7.99. The van der Waals surface area contributed by atoms with Crippen molar-refractivity contribution in [2.24, 2.45) is 5.92 Å². The molecule has 0 radical (unpaired) electrons. The Kier molecular flexibility index (Phi) is 6.28. The third-order valence-electron chi connectivity index (χ3n) is 2.72. The van der Waals surface area contributed by atoms with E-state index in [0.717, 1.165) is 0 Å². The van der Waals surface area contributed by atoms with E-state index in [1.165, 1.54) is 0 Å². The third-order valence-corrected chi connectivity index (χ3v) is 3.92. The van der Waals surface area contributed by atoms with Crippen LogP contribution in [0.15, 0.2) is 0 Å². The summed E-state index contributed by atoms with van der Waals surface area (Å²) in [6.07, 6.45) is 0.381. The summed E-state index contributed by atoms with van der Waals surface area (Å²) < 4.78 is 32.0. The molecule has 0 aromatic carbocycles. The van der Waals surface area contributed by atoms with Crippen molar-refractivity contribution in [3.8, 4) is 0 Å². The van der Waals surface area contributed by atoms with Gasteiger partial charge >= 0.3 is 5.97 Å². The normalized spacial score (nSPS) is 18.9. The van der Waals surface area contributed by atoms with E-state index in [1.807, 2.05) is 0 Å². The minimum atomic E-state index is -3.92. The molecule has 114 valence electrons. The van der Waals surface area contributed by atoms with Crippen molar-refractivity contribution in [2.75, 3.05) is 19.0 Å². The lowest BCUT2D eigenvalue weighted by Gasteiger charge is -2.05. The highest BCUT2D eigenvalue weighted by Crippen LogP contribution is 2.19. The molecule has 1 atom stereocenters. The average Bonchev–Trinajstić information content (AvgIpc) is 2.71. The van der Waals surface area contributed by atoms with Crippen LogP contribution in [-0.2, 0) is 33.4 Å². The van der Waals surface area contributed by atoms with E-state index >= 15 is 0 Å². The van der Waals surface area contributed by atoms with E-state index in [-0.39, 0.29) is 19.6 Å². The highest BCUT2D eigenvalue weighted by molar-refractivity contribution is 7.87. The molecular weight excluding hydrogens is 288 g/mol. The van der Waals surface area contributed by atoms with Crippen LogP contribution >= 0.6 is 0 Å². The van der Waals surface area contributed by atoms with Gasteiger partial charge in [0, 0.05) is 6.42 Å². The van der Waals surface area contributed by atoms with Crippen LogP contribution in [0.25, 0.3) is 0 Å². The summed E-state index contributed by atoms with van der Waals surface area (Å²) in [7, 11) is -3.92. The largest absolute Gasteiger partial charge is 0.465 e. The maximum atomic E-state index is 11.6. The molecule has 1 fully saturated rings. The van der Waals surface area contributed by atoms with E-state index in [9.17, 15) is 22.8 Å². The van der Waals surface area contributed by atoms with Gasteiger partial charge in [-0.15, -0.1) is 0 Å². The Morgan fingerprint density at radius 1 is 1.35 bits per heavy atom. The molecule has 0 aliphatic carbocycles. The number of carbonyl (C=O) groups excluding carboxylic acids is 3. The van der Waals surface area contributed by atoms with Gasteiger partial charge in [-0.2, -0.15) is 8.42 Å². The quantitative estimate of drug-likeness (QED) is 0.341. The molecule has 0 amide bonds. The van der Waals surface area contributed by atoms with Crippen LogP contribution in [0.4, 0.5) is 0 Å². The Labute approximate surface area is 117 Å². The lowest BCUT2D eigenvalue weighted by Crippen LogP contribution is -2.22. The second kappa shape index (κ2) is 7.49.